The Labute approximate surface area is 199 Å². The van der Waals surface area contributed by atoms with Gasteiger partial charge in [0.15, 0.2) is 17.6 Å². The molecular formula is C23H26O12. The molecule has 6 atom stereocenters. The Kier molecular flexibility index (Phi) is 6.83. The molecule has 1 fully saturated rings. The van der Waals surface area contributed by atoms with Gasteiger partial charge in [-0.3, -0.25) is 0 Å². The van der Waals surface area contributed by atoms with E-state index in [2.05, 4.69) is 0 Å². The molecule has 0 aromatic heterocycles. The number of methoxy groups -OCH3 is 2. The molecule has 2 heterocycles. The van der Waals surface area contributed by atoms with Crippen molar-refractivity contribution in [3.05, 3.63) is 41.2 Å². The third kappa shape index (κ3) is 4.49. The molecule has 12 nitrogen and oxygen atoms in total. The van der Waals surface area contributed by atoms with Crippen LogP contribution in [0.1, 0.15) is 17.2 Å². The summed E-state index contributed by atoms with van der Waals surface area (Å²) in [5, 5.41) is 70.8. The zero-order valence-corrected chi connectivity index (χ0v) is 18.7. The van der Waals surface area contributed by atoms with E-state index in [1.165, 1.54) is 44.6 Å². The van der Waals surface area contributed by atoms with Gasteiger partial charge in [-0.2, -0.15) is 0 Å². The first-order valence-electron chi connectivity index (χ1n) is 10.5. The first-order valence-corrected chi connectivity index (χ1v) is 10.5. The van der Waals surface area contributed by atoms with E-state index in [1.54, 1.807) is 0 Å². The highest BCUT2D eigenvalue weighted by Gasteiger charge is 2.45. The Morgan fingerprint density at radius 3 is 2.11 bits per heavy atom. The Morgan fingerprint density at radius 2 is 1.51 bits per heavy atom. The average Bonchev–Trinajstić information content (AvgIpc) is 2.84. The smallest absolute Gasteiger partial charge is 0.229 e. The van der Waals surface area contributed by atoms with Crippen molar-refractivity contribution in [2.75, 3.05) is 20.8 Å². The lowest BCUT2D eigenvalue weighted by Gasteiger charge is -2.39. The largest absolute Gasteiger partial charge is 0.508 e. The average molecular weight is 494 g/mol. The summed E-state index contributed by atoms with van der Waals surface area (Å²) < 4.78 is 27.2. The highest BCUT2D eigenvalue weighted by Crippen LogP contribution is 2.46. The van der Waals surface area contributed by atoms with E-state index in [9.17, 15) is 35.7 Å². The number of rotatable bonds is 6. The maximum Gasteiger partial charge on any atom is 0.229 e. The van der Waals surface area contributed by atoms with Crippen LogP contribution in [0.4, 0.5) is 0 Å². The second-order valence-electron chi connectivity index (χ2n) is 8.01. The van der Waals surface area contributed by atoms with E-state index >= 15 is 0 Å². The lowest BCUT2D eigenvalue weighted by atomic mass is 9.99. The topological polar surface area (TPSA) is 188 Å². The number of fused-ring (bicyclic) bond motifs is 1. The molecule has 0 spiro atoms. The lowest BCUT2D eigenvalue weighted by Crippen LogP contribution is -2.60. The molecule has 4 rings (SSSR count). The summed E-state index contributed by atoms with van der Waals surface area (Å²) in [5.74, 6) is -0.581. The van der Waals surface area contributed by atoms with Crippen LogP contribution in [0.15, 0.2) is 30.0 Å². The Morgan fingerprint density at radius 1 is 0.857 bits per heavy atom. The first-order chi connectivity index (χ1) is 16.7. The van der Waals surface area contributed by atoms with Crippen molar-refractivity contribution in [1.29, 1.82) is 0 Å². The number of phenols is 2. The summed E-state index contributed by atoms with van der Waals surface area (Å²) in [6, 6.07) is 5.36. The quantitative estimate of drug-likeness (QED) is 0.292. The van der Waals surface area contributed by atoms with Crippen molar-refractivity contribution in [3.63, 3.8) is 0 Å². The summed E-state index contributed by atoms with van der Waals surface area (Å²) in [7, 11) is 2.71. The van der Waals surface area contributed by atoms with Gasteiger partial charge in [0.2, 0.25) is 12.0 Å². The number of aliphatic hydroxyl groups excluding tert-OH is 5. The number of aliphatic hydroxyl groups is 5. The van der Waals surface area contributed by atoms with Crippen LogP contribution in [0.5, 0.6) is 34.5 Å². The van der Waals surface area contributed by atoms with Crippen molar-refractivity contribution >= 4 is 6.08 Å². The van der Waals surface area contributed by atoms with Crippen molar-refractivity contribution in [2.45, 2.75) is 36.8 Å². The van der Waals surface area contributed by atoms with Gasteiger partial charge >= 0.3 is 0 Å². The van der Waals surface area contributed by atoms with Crippen molar-refractivity contribution in [2.24, 2.45) is 0 Å². The number of ether oxygens (including phenoxy) is 5. The predicted molar refractivity (Wildman–Crippen MR) is 118 cm³/mol. The molecule has 0 radical (unpaired) electrons. The SMILES string of the molecule is COc1cc(C2Oc3cc(O)cc(O[C@@H]4O[C@@H](CO)[C@@H](O)[C@H](O)[C@H]4O)c3C=C2O)cc(OC)c1O. The number of aromatic hydroxyl groups is 2. The van der Waals surface area contributed by atoms with E-state index in [1.807, 2.05) is 0 Å². The van der Waals surface area contributed by atoms with Crippen LogP contribution < -0.4 is 18.9 Å². The molecule has 0 aliphatic carbocycles. The minimum atomic E-state index is -1.68. The van der Waals surface area contributed by atoms with Gasteiger partial charge in [0, 0.05) is 17.7 Å². The monoisotopic (exact) mass is 494 g/mol. The third-order valence-electron chi connectivity index (χ3n) is 5.79. The summed E-state index contributed by atoms with van der Waals surface area (Å²) in [5.41, 5.74) is 0.557. The van der Waals surface area contributed by atoms with Crippen LogP contribution in [0.25, 0.3) is 6.08 Å². The molecule has 2 aromatic carbocycles. The van der Waals surface area contributed by atoms with Gasteiger partial charge in [-0.15, -0.1) is 0 Å². The summed E-state index contributed by atoms with van der Waals surface area (Å²) in [6.45, 7) is -0.645. The van der Waals surface area contributed by atoms with Gasteiger partial charge in [-0.05, 0) is 18.2 Å². The second kappa shape index (κ2) is 9.68. The standard InChI is InChI=1S/C23H26O12/c1-31-15-3-9(4-16(32-2)18(15)27)22-12(26)7-11-13(33-22)5-10(25)6-14(11)34-23-21(30)20(29)19(28)17(8-24)35-23/h3-7,17,19-30H,8H2,1-2H3/t17-,19+,20-,21+,22?,23+/m0/s1. The van der Waals surface area contributed by atoms with Crippen molar-refractivity contribution in [1.82, 2.24) is 0 Å². The van der Waals surface area contributed by atoms with Crippen LogP contribution in [0.3, 0.4) is 0 Å². The van der Waals surface area contributed by atoms with Crippen molar-refractivity contribution in [3.8, 4) is 34.5 Å². The van der Waals surface area contributed by atoms with Gasteiger partial charge in [-0.1, -0.05) is 0 Å². The normalized spacial score (nSPS) is 27.9. The maximum atomic E-state index is 10.8. The Balaban J connectivity index is 1.68. The Hall–Kier alpha value is -3.42. The number of phenolic OH excluding ortho intramolecular Hbond substituents is 2. The molecule has 1 unspecified atom stereocenters. The van der Waals surface area contributed by atoms with Crippen LogP contribution in [0.2, 0.25) is 0 Å². The van der Waals surface area contributed by atoms with E-state index in [-0.39, 0.29) is 45.8 Å². The fourth-order valence-corrected chi connectivity index (χ4v) is 3.93. The number of hydrogen-bond acceptors (Lipinski definition) is 12. The fraction of sp³-hybridized carbons (Fsp3) is 0.391. The molecule has 12 heteroatoms. The lowest BCUT2D eigenvalue weighted by molar-refractivity contribution is -0.277. The van der Waals surface area contributed by atoms with Crippen LogP contribution in [0, 0.1) is 0 Å². The summed E-state index contributed by atoms with van der Waals surface area (Å²) >= 11 is 0. The molecular weight excluding hydrogens is 468 g/mol. The summed E-state index contributed by atoms with van der Waals surface area (Å²) in [4.78, 5) is 0. The Bertz CT molecular complexity index is 1090. The van der Waals surface area contributed by atoms with E-state index in [4.69, 9.17) is 23.7 Å². The number of hydrogen-bond donors (Lipinski definition) is 7. The maximum absolute atomic E-state index is 10.8. The van der Waals surface area contributed by atoms with Gasteiger partial charge in [0.1, 0.15) is 47.4 Å². The zero-order chi connectivity index (χ0) is 25.4. The molecule has 0 amide bonds. The molecule has 0 bridgehead atoms. The van der Waals surface area contributed by atoms with Crippen LogP contribution in [-0.4, -0.2) is 87.3 Å². The fourth-order valence-electron chi connectivity index (χ4n) is 3.93. The number of benzene rings is 2. The molecule has 35 heavy (non-hydrogen) atoms. The highest BCUT2D eigenvalue weighted by atomic mass is 16.7. The third-order valence-corrected chi connectivity index (χ3v) is 5.79. The van der Waals surface area contributed by atoms with Crippen LogP contribution in [-0.2, 0) is 4.74 Å². The van der Waals surface area contributed by atoms with Gasteiger partial charge in [-0.25, -0.2) is 0 Å². The molecule has 2 aliphatic heterocycles. The molecule has 1 saturated heterocycles. The van der Waals surface area contributed by atoms with Gasteiger partial charge in [0.05, 0.1) is 26.4 Å². The minimum Gasteiger partial charge on any atom is -0.508 e. The predicted octanol–water partition coefficient (Wildman–Crippen LogP) is 0.326. The second-order valence-corrected chi connectivity index (χ2v) is 8.01. The molecule has 2 aromatic rings. The zero-order valence-electron chi connectivity index (χ0n) is 18.7. The first kappa shape index (κ1) is 24.7. The molecule has 7 N–H and O–H groups in total. The van der Waals surface area contributed by atoms with Gasteiger partial charge < -0.3 is 59.4 Å². The highest BCUT2D eigenvalue weighted by molar-refractivity contribution is 5.70. The van der Waals surface area contributed by atoms with Gasteiger partial charge in [0.25, 0.3) is 0 Å². The van der Waals surface area contributed by atoms with Crippen LogP contribution >= 0.6 is 0 Å². The van der Waals surface area contributed by atoms with E-state index in [0.717, 1.165) is 0 Å². The molecule has 0 saturated carbocycles. The van der Waals surface area contributed by atoms with E-state index < -0.39 is 43.4 Å². The van der Waals surface area contributed by atoms with E-state index in [0.29, 0.717) is 5.56 Å². The molecule has 190 valence electrons. The minimum absolute atomic E-state index is 0.0739. The van der Waals surface area contributed by atoms with Crippen molar-refractivity contribution < 1.29 is 59.4 Å². The molecule has 2 aliphatic rings. The summed E-state index contributed by atoms with van der Waals surface area (Å²) in [6.07, 6.45) is -7.38.